The number of rotatable bonds is 6. The Labute approximate surface area is 101 Å². The predicted molar refractivity (Wildman–Crippen MR) is 63.7 cm³/mol. The smallest absolute Gasteiger partial charge is 0.433 e. The summed E-state index contributed by atoms with van der Waals surface area (Å²) in [5.74, 6) is -0.486. The summed E-state index contributed by atoms with van der Waals surface area (Å²) in [6, 6.07) is 0. The zero-order valence-corrected chi connectivity index (χ0v) is 10.4. The standard InChI is InChI=1S/C11H18N2O4/c1-5-9(4)13-17-11(15)12-6-7-16-10(14)8(2)3/h2,5-7H2,1,3-4H3,(H,12,15). The third kappa shape index (κ3) is 8.01. The molecule has 0 aliphatic rings. The monoisotopic (exact) mass is 242 g/mol. The first-order valence-corrected chi connectivity index (χ1v) is 5.28. The van der Waals surface area contributed by atoms with E-state index in [1.165, 1.54) is 0 Å². The van der Waals surface area contributed by atoms with Crippen LogP contribution in [0.5, 0.6) is 0 Å². The molecule has 0 saturated carbocycles. The molecule has 0 bridgehead atoms. The van der Waals surface area contributed by atoms with E-state index in [4.69, 9.17) is 4.74 Å². The van der Waals surface area contributed by atoms with E-state index in [0.717, 1.165) is 0 Å². The Morgan fingerprint density at radius 1 is 1.35 bits per heavy atom. The average Bonchev–Trinajstić information content (AvgIpc) is 2.30. The van der Waals surface area contributed by atoms with Gasteiger partial charge in [-0.2, -0.15) is 0 Å². The summed E-state index contributed by atoms with van der Waals surface area (Å²) in [4.78, 5) is 26.5. The second kappa shape index (κ2) is 8.32. The minimum Gasteiger partial charge on any atom is -0.460 e. The Morgan fingerprint density at radius 2 is 2.00 bits per heavy atom. The molecule has 0 aromatic heterocycles. The van der Waals surface area contributed by atoms with Gasteiger partial charge in [0.25, 0.3) is 0 Å². The molecule has 96 valence electrons. The number of carbonyl (C=O) groups is 2. The zero-order valence-electron chi connectivity index (χ0n) is 10.4. The Morgan fingerprint density at radius 3 is 2.53 bits per heavy atom. The van der Waals surface area contributed by atoms with Crippen molar-refractivity contribution in [1.29, 1.82) is 0 Å². The lowest BCUT2D eigenvalue weighted by molar-refractivity contribution is -0.138. The highest BCUT2D eigenvalue weighted by atomic mass is 16.7. The lowest BCUT2D eigenvalue weighted by Crippen LogP contribution is -2.27. The number of amides is 1. The van der Waals surface area contributed by atoms with Gasteiger partial charge >= 0.3 is 12.1 Å². The van der Waals surface area contributed by atoms with Crippen molar-refractivity contribution >= 4 is 17.8 Å². The van der Waals surface area contributed by atoms with E-state index >= 15 is 0 Å². The van der Waals surface area contributed by atoms with Crippen molar-refractivity contribution in [3.63, 3.8) is 0 Å². The number of oxime groups is 1. The average molecular weight is 242 g/mol. The van der Waals surface area contributed by atoms with Gasteiger partial charge in [0, 0.05) is 5.57 Å². The highest BCUT2D eigenvalue weighted by molar-refractivity contribution is 5.86. The molecule has 1 N–H and O–H groups in total. The Kier molecular flexibility index (Phi) is 7.41. The van der Waals surface area contributed by atoms with Crippen LogP contribution in [0.15, 0.2) is 17.3 Å². The fourth-order valence-electron chi connectivity index (χ4n) is 0.636. The molecule has 0 rings (SSSR count). The summed E-state index contributed by atoms with van der Waals surface area (Å²) < 4.78 is 4.76. The molecule has 0 heterocycles. The Bertz CT molecular complexity index is 323. The maximum atomic E-state index is 11.0. The van der Waals surface area contributed by atoms with Gasteiger partial charge in [-0.15, -0.1) is 0 Å². The van der Waals surface area contributed by atoms with Crippen LogP contribution in [-0.4, -0.2) is 30.9 Å². The highest BCUT2D eigenvalue weighted by Gasteiger charge is 2.04. The molecule has 6 heteroatoms. The first kappa shape index (κ1) is 15.2. The number of nitrogens with zero attached hydrogens (tertiary/aromatic N) is 1. The van der Waals surface area contributed by atoms with Crippen LogP contribution in [0.2, 0.25) is 0 Å². The molecular weight excluding hydrogens is 224 g/mol. The normalized spacial score (nSPS) is 10.6. The third-order valence-corrected chi connectivity index (χ3v) is 1.75. The van der Waals surface area contributed by atoms with Gasteiger partial charge in [-0.05, 0) is 20.3 Å². The second-order valence-corrected chi connectivity index (χ2v) is 3.40. The first-order valence-electron chi connectivity index (χ1n) is 5.28. The molecule has 0 aromatic rings. The molecule has 6 nitrogen and oxygen atoms in total. The SMILES string of the molecule is C=C(C)C(=O)OCCNC(=O)ON=C(C)CC. The molecule has 0 fully saturated rings. The minimum absolute atomic E-state index is 0.0667. The van der Waals surface area contributed by atoms with Crippen molar-refractivity contribution in [2.24, 2.45) is 5.16 Å². The summed E-state index contributed by atoms with van der Waals surface area (Å²) in [7, 11) is 0. The molecule has 0 spiro atoms. The topological polar surface area (TPSA) is 77.0 Å². The number of hydrogen-bond acceptors (Lipinski definition) is 5. The molecule has 0 aliphatic carbocycles. The van der Waals surface area contributed by atoms with Crippen LogP contribution in [0.3, 0.4) is 0 Å². The number of nitrogens with one attached hydrogen (secondary N) is 1. The molecule has 0 atom stereocenters. The zero-order chi connectivity index (χ0) is 13.3. The van der Waals surface area contributed by atoms with Crippen LogP contribution in [0.25, 0.3) is 0 Å². The fourth-order valence-corrected chi connectivity index (χ4v) is 0.636. The number of ether oxygens (including phenoxy) is 1. The van der Waals surface area contributed by atoms with E-state index in [2.05, 4.69) is 21.9 Å². The van der Waals surface area contributed by atoms with E-state index in [1.807, 2.05) is 6.92 Å². The Balaban J connectivity index is 3.66. The van der Waals surface area contributed by atoms with E-state index in [-0.39, 0.29) is 13.2 Å². The van der Waals surface area contributed by atoms with Crippen molar-refractivity contribution in [3.8, 4) is 0 Å². The molecule has 0 saturated heterocycles. The highest BCUT2D eigenvalue weighted by Crippen LogP contribution is 1.91. The second-order valence-electron chi connectivity index (χ2n) is 3.40. The van der Waals surface area contributed by atoms with Crippen LogP contribution in [0, 0.1) is 0 Å². The lowest BCUT2D eigenvalue weighted by atomic mass is 10.3. The van der Waals surface area contributed by atoms with E-state index < -0.39 is 12.1 Å². The molecule has 0 radical (unpaired) electrons. The van der Waals surface area contributed by atoms with Crippen molar-refractivity contribution in [2.75, 3.05) is 13.2 Å². The summed E-state index contributed by atoms with van der Waals surface area (Å²) in [6.07, 6.45) is 0.0351. The van der Waals surface area contributed by atoms with Gasteiger partial charge in [-0.1, -0.05) is 18.7 Å². The fraction of sp³-hybridized carbons (Fsp3) is 0.545. The molecule has 0 aliphatic heterocycles. The van der Waals surface area contributed by atoms with Gasteiger partial charge < -0.3 is 10.1 Å². The summed E-state index contributed by atoms with van der Waals surface area (Å²) >= 11 is 0. The number of carbonyl (C=O) groups excluding carboxylic acids is 2. The third-order valence-electron chi connectivity index (χ3n) is 1.75. The van der Waals surface area contributed by atoms with Gasteiger partial charge in [0.15, 0.2) is 0 Å². The maximum absolute atomic E-state index is 11.0. The number of esters is 1. The maximum Gasteiger partial charge on any atom is 0.433 e. The molecule has 0 unspecified atom stereocenters. The van der Waals surface area contributed by atoms with Crippen LogP contribution < -0.4 is 5.32 Å². The lowest BCUT2D eigenvalue weighted by Gasteiger charge is -2.05. The van der Waals surface area contributed by atoms with Crippen LogP contribution >= 0.6 is 0 Å². The van der Waals surface area contributed by atoms with Crippen molar-refractivity contribution < 1.29 is 19.2 Å². The summed E-state index contributed by atoms with van der Waals surface area (Å²) in [5, 5.41) is 5.95. The van der Waals surface area contributed by atoms with E-state index in [1.54, 1.807) is 13.8 Å². The van der Waals surface area contributed by atoms with E-state index in [0.29, 0.717) is 17.7 Å². The molecular formula is C11H18N2O4. The van der Waals surface area contributed by atoms with Crippen LogP contribution in [-0.2, 0) is 14.4 Å². The van der Waals surface area contributed by atoms with Gasteiger partial charge in [0.05, 0.1) is 12.3 Å². The van der Waals surface area contributed by atoms with Gasteiger partial charge in [0.1, 0.15) is 6.61 Å². The van der Waals surface area contributed by atoms with Gasteiger partial charge in [-0.3, -0.25) is 4.84 Å². The van der Waals surface area contributed by atoms with Crippen LogP contribution in [0.1, 0.15) is 27.2 Å². The van der Waals surface area contributed by atoms with Crippen molar-refractivity contribution in [2.45, 2.75) is 27.2 Å². The summed E-state index contributed by atoms with van der Waals surface area (Å²) in [6.45, 7) is 8.85. The van der Waals surface area contributed by atoms with Gasteiger partial charge in [0.2, 0.25) is 0 Å². The quantitative estimate of drug-likeness (QED) is 0.192. The Hall–Kier alpha value is -1.85. The predicted octanol–water partition coefficient (Wildman–Crippen LogP) is 1.62. The molecule has 17 heavy (non-hydrogen) atoms. The minimum atomic E-state index is -0.677. The largest absolute Gasteiger partial charge is 0.460 e. The van der Waals surface area contributed by atoms with Gasteiger partial charge in [-0.25, -0.2) is 9.59 Å². The summed E-state index contributed by atoms with van der Waals surface area (Å²) in [5.41, 5.74) is 1.03. The van der Waals surface area contributed by atoms with Crippen molar-refractivity contribution in [1.82, 2.24) is 5.32 Å². The van der Waals surface area contributed by atoms with Crippen molar-refractivity contribution in [3.05, 3.63) is 12.2 Å². The van der Waals surface area contributed by atoms with E-state index in [9.17, 15) is 9.59 Å². The number of hydrogen-bond donors (Lipinski definition) is 1. The molecule has 1 amide bonds. The van der Waals surface area contributed by atoms with Crippen LogP contribution in [0.4, 0.5) is 4.79 Å². The first-order chi connectivity index (χ1) is 7.97. The molecule has 0 aromatic carbocycles.